The lowest BCUT2D eigenvalue weighted by atomic mass is 9.87. The molecule has 1 aliphatic carbocycles. The normalized spacial score (nSPS) is 18.3. The maximum absolute atomic E-state index is 11.9. The van der Waals surface area contributed by atoms with Gasteiger partial charge in [-0.3, -0.25) is 0 Å². The van der Waals surface area contributed by atoms with Gasteiger partial charge in [0.05, 0.1) is 24.4 Å². The third-order valence-corrected chi connectivity index (χ3v) is 6.56. The van der Waals surface area contributed by atoms with Crippen LogP contribution >= 0.6 is 0 Å². The van der Waals surface area contributed by atoms with Crippen molar-refractivity contribution in [1.29, 1.82) is 0 Å². The number of phenols is 1. The lowest BCUT2D eigenvalue weighted by Crippen LogP contribution is -2.36. The van der Waals surface area contributed by atoms with Crippen molar-refractivity contribution < 1.29 is 19.7 Å². The predicted octanol–water partition coefficient (Wildman–Crippen LogP) is 4.18. The highest BCUT2D eigenvalue weighted by Crippen LogP contribution is 2.41. The monoisotopic (exact) mass is 454 g/mol. The van der Waals surface area contributed by atoms with Crippen LogP contribution in [0.4, 0.5) is 10.6 Å². The van der Waals surface area contributed by atoms with E-state index in [2.05, 4.69) is 10.3 Å². The van der Waals surface area contributed by atoms with Crippen LogP contribution in [0.15, 0.2) is 24.3 Å². The van der Waals surface area contributed by atoms with E-state index >= 15 is 0 Å². The van der Waals surface area contributed by atoms with Crippen molar-refractivity contribution in [1.82, 2.24) is 15.2 Å². The second-order valence-electron chi connectivity index (χ2n) is 9.41. The van der Waals surface area contributed by atoms with Crippen LogP contribution in [-0.2, 0) is 6.54 Å². The summed E-state index contributed by atoms with van der Waals surface area (Å²) in [5, 5.41) is 23.9. The first-order chi connectivity index (χ1) is 15.8. The molecule has 178 valence electrons. The van der Waals surface area contributed by atoms with E-state index in [-0.39, 0.29) is 30.1 Å². The summed E-state index contributed by atoms with van der Waals surface area (Å²) in [5.41, 5.74) is 9.27. The van der Waals surface area contributed by atoms with E-state index in [1.54, 1.807) is 12.1 Å². The van der Waals surface area contributed by atoms with Gasteiger partial charge in [-0.15, -0.1) is 0 Å². The third kappa shape index (κ3) is 5.33. The summed E-state index contributed by atoms with van der Waals surface area (Å²) < 4.78 is 6.04. The molecule has 0 spiro atoms. The highest BCUT2D eigenvalue weighted by molar-refractivity contribution is 5.76. The van der Waals surface area contributed by atoms with Crippen LogP contribution in [0, 0.1) is 5.92 Å². The number of nitrogens with one attached hydrogen (secondary N) is 1. The standard InChI is InChI=1S/C25H34N4O4/c1-15(2)29(25(31)32)13-19-18(17-5-4-10-27-12-17)11-20(28-24(19)26)23-21(30)6-3-7-22(23)33-14-16-8-9-16/h3,6-7,11,15-17,27,30H,4-5,8-10,12-14H2,1-2H3,(H2,26,28)(H,31,32). The van der Waals surface area contributed by atoms with E-state index in [4.69, 9.17) is 10.5 Å². The van der Waals surface area contributed by atoms with E-state index in [1.165, 1.54) is 17.7 Å². The van der Waals surface area contributed by atoms with Gasteiger partial charge in [0.25, 0.3) is 0 Å². The van der Waals surface area contributed by atoms with E-state index in [1.807, 2.05) is 26.0 Å². The van der Waals surface area contributed by atoms with Crippen molar-refractivity contribution in [3.8, 4) is 22.8 Å². The van der Waals surface area contributed by atoms with Gasteiger partial charge >= 0.3 is 6.09 Å². The SMILES string of the molecule is CC(C)N(Cc1c(C2CCCNC2)cc(-c2c(O)cccc2OCC2CC2)nc1N)C(=O)O. The minimum Gasteiger partial charge on any atom is -0.507 e. The molecule has 1 atom stereocenters. The van der Waals surface area contributed by atoms with E-state index in [0.717, 1.165) is 37.1 Å². The Kier molecular flexibility index (Phi) is 6.93. The van der Waals surface area contributed by atoms with Gasteiger partial charge in [-0.25, -0.2) is 9.78 Å². The number of nitrogen functional groups attached to an aromatic ring is 1. The molecule has 0 bridgehead atoms. The van der Waals surface area contributed by atoms with Crippen molar-refractivity contribution in [3.63, 3.8) is 0 Å². The number of hydrogen-bond acceptors (Lipinski definition) is 6. The smallest absolute Gasteiger partial charge is 0.407 e. The molecule has 2 fully saturated rings. The number of carbonyl (C=O) groups is 1. The van der Waals surface area contributed by atoms with Crippen LogP contribution in [0.1, 0.15) is 56.6 Å². The molecule has 8 heteroatoms. The fourth-order valence-electron chi connectivity index (χ4n) is 4.42. The van der Waals surface area contributed by atoms with Gasteiger partial charge in [-0.2, -0.15) is 0 Å². The Balaban J connectivity index is 1.78. The van der Waals surface area contributed by atoms with Crippen molar-refractivity contribution >= 4 is 11.9 Å². The van der Waals surface area contributed by atoms with Gasteiger partial charge in [0.15, 0.2) is 0 Å². The number of rotatable bonds is 8. The molecule has 2 heterocycles. The van der Waals surface area contributed by atoms with Crippen LogP contribution < -0.4 is 15.8 Å². The predicted molar refractivity (Wildman–Crippen MR) is 128 cm³/mol. The number of carboxylic acid groups (broad SMARTS) is 1. The lowest BCUT2D eigenvalue weighted by molar-refractivity contribution is 0.128. The summed E-state index contributed by atoms with van der Waals surface area (Å²) >= 11 is 0. The zero-order chi connectivity index (χ0) is 23.5. The topological polar surface area (TPSA) is 121 Å². The number of amides is 1. The molecule has 1 saturated heterocycles. The molecule has 1 aromatic heterocycles. The largest absolute Gasteiger partial charge is 0.507 e. The fraction of sp³-hybridized carbons (Fsp3) is 0.520. The zero-order valence-electron chi connectivity index (χ0n) is 19.4. The minimum absolute atomic E-state index is 0.0880. The Morgan fingerprint density at radius 2 is 2.12 bits per heavy atom. The molecule has 1 unspecified atom stereocenters. The maximum atomic E-state index is 11.9. The van der Waals surface area contributed by atoms with E-state index in [9.17, 15) is 15.0 Å². The zero-order valence-corrected chi connectivity index (χ0v) is 19.4. The molecule has 1 saturated carbocycles. The fourth-order valence-corrected chi connectivity index (χ4v) is 4.42. The van der Waals surface area contributed by atoms with Gasteiger partial charge < -0.3 is 30.9 Å². The number of nitrogens with two attached hydrogens (primary N) is 1. The van der Waals surface area contributed by atoms with Crippen LogP contribution in [0.5, 0.6) is 11.5 Å². The van der Waals surface area contributed by atoms with Crippen molar-refractivity contribution in [2.45, 2.75) is 58.0 Å². The van der Waals surface area contributed by atoms with Crippen molar-refractivity contribution in [3.05, 3.63) is 35.4 Å². The molecular weight excluding hydrogens is 420 g/mol. The quantitative estimate of drug-likeness (QED) is 0.472. The summed E-state index contributed by atoms with van der Waals surface area (Å²) in [6.07, 6.45) is 3.35. The van der Waals surface area contributed by atoms with Crippen LogP contribution in [0.2, 0.25) is 0 Å². The Morgan fingerprint density at radius 3 is 2.76 bits per heavy atom. The van der Waals surface area contributed by atoms with Gasteiger partial charge in [-0.1, -0.05) is 6.07 Å². The molecule has 2 aromatic rings. The number of pyridine rings is 1. The van der Waals surface area contributed by atoms with Crippen LogP contribution in [-0.4, -0.2) is 51.9 Å². The summed E-state index contributed by atoms with van der Waals surface area (Å²) in [4.78, 5) is 17.9. The second-order valence-corrected chi connectivity index (χ2v) is 9.41. The lowest BCUT2D eigenvalue weighted by Gasteiger charge is -2.30. The molecule has 4 rings (SSSR count). The van der Waals surface area contributed by atoms with Crippen molar-refractivity contribution in [2.75, 3.05) is 25.4 Å². The number of benzene rings is 1. The first kappa shape index (κ1) is 23.2. The number of anilines is 1. The van der Waals surface area contributed by atoms with Crippen molar-refractivity contribution in [2.24, 2.45) is 5.92 Å². The Hall–Kier alpha value is -3.00. The molecule has 0 radical (unpaired) electrons. The highest BCUT2D eigenvalue weighted by Gasteiger charge is 2.27. The number of nitrogens with zero attached hydrogens (tertiary/aromatic N) is 2. The molecular formula is C25H34N4O4. The van der Waals surface area contributed by atoms with Gasteiger partial charge in [0.1, 0.15) is 17.3 Å². The van der Waals surface area contributed by atoms with E-state index < -0.39 is 6.09 Å². The molecule has 33 heavy (non-hydrogen) atoms. The molecule has 1 aliphatic heterocycles. The molecule has 1 amide bonds. The Bertz CT molecular complexity index is 1000. The minimum atomic E-state index is -0.988. The summed E-state index contributed by atoms with van der Waals surface area (Å²) in [7, 11) is 0. The summed E-state index contributed by atoms with van der Waals surface area (Å²) in [6, 6.07) is 6.99. The first-order valence-electron chi connectivity index (χ1n) is 11.8. The number of aromatic nitrogens is 1. The molecule has 2 aliphatic rings. The molecule has 5 N–H and O–H groups in total. The number of piperidine rings is 1. The highest BCUT2D eigenvalue weighted by atomic mass is 16.5. The Morgan fingerprint density at radius 1 is 1.33 bits per heavy atom. The summed E-state index contributed by atoms with van der Waals surface area (Å²) in [6.45, 7) is 6.23. The number of ether oxygens (including phenoxy) is 1. The number of aromatic hydroxyl groups is 1. The van der Waals surface area contributed by atoms with Gasteiger partial charge in [0.2, 0.25) is 0 Å². The molecule has 1 aromatic carbocycles. The maximum Gasteiger partial charge on any atom is 0.407 e. The van der Waals surface area contributed by atoms with Crippen LogP contribution in [0.3, 0.4) is 0 Å². The van der Waals surface area contributed by atoms with Crippen LogP contribution in [0.25, 0.3) is 11.3 Å². The average Bonchev–Trinajstić information content (AvgIpc) is 3.61. The number of hydrogen-bond donors (Lipinski definition) is 4. The Labute approximate surface area is 194 Å². The average molecular weight is 455 g/mol. The number of phenolic OH excluding ortho intramolecular Hbond substituents is 1. The second kappa shape index (κ2) is 9.87. The third-order valence-electron chi connectivity index (χ3n) is 6.56. The molecule has 8 nitrogen and oxygen atoms in total. The van der Waals surface area contributed by atoms with Gasteiger partial charge in [-0.05, 0) is 81.7 Å². The first-order valence-corrected chi connectivity index (χ1v) is 11.8. The van der Waals surface area contributed by atoms with Gasteiger partial charge in [0, 0.05) is 18.2 Å². The van der Waals surface area contributed by atoms with E-state index in [0.29, 0.717) is 29.5 Å². The summed E-state index contributed by atoms with van der Waals surface area (Å²) in [5.74, 6) is 1.72.